The molecule has 2 rings (SSSR count). The van der Waals surface area contributed by atoms with Gasteiger partial charge < -0.3 is 5.11 Å². The number of hydrazone groups is 1. The fourth-order valence-corrected chi connectivity index (χ4v) is 2.36. The normalized spacial score (nSPS) is 17.2. The minimum absolute atomic E-state index is 0.0258. The smallest absolute Gasteiger partial charge is 0.243 e. The summed E-state index contributed by atoms with van der Waals surface area (Å²) in [6, 6.07) is 6.77. The van der Waals surface area contributed by atoms with Crippen molar-refractivity contribution in [1.82, 2.24) is 5.43 Å². The molecule has 1 aliphatic rings. The molecule has 1 saturated carbocycles. The van der Waals surface area contributed by atoms with E-state index >= 15 is 0 Å². The number of phenols is 1. The lowest BCUT2D eigenvalue weighted by Gasteiger charge is -2.19. The van der Waals surface area contributed by atoms with Gasteiger partial charge in [-0.1, -0.05) is 19.3 Å². The molecule has 0 saturated heterocycles. The number of amides is 1. The SMILES string of the molecule is CC(=NNC(=O)C1CCCCC1)c1ccc(O)cc1. The Kier molecular flexibility index (Phi) is 4.55. The minimum atomic E-state index is 0.0258. The molecule has 0 aliphatic heterocycles. The molecular weight excluding hydrogens is 240 g/mol. The third kappa shape index (κ3) is 3.81. The molecule has 102 valence electrons. The Balaban J connectivity index is 1.93. The zero-order valence-corrected chi connectivity index (χ0v) is 11.2. The maximum absolute atomic E-state index is 11.9. The van der Waals surface area contributed by atoms with Crippen molar-refractivity contribution >= 4 is 11.6 Å². The number of nitrogens with zero attached hydrogens (tertiary/aromatic N) is 1. The van der Waals surface area contributed by atoms with Crippen molar-refractivity contribution in [2.45, 2.75) is 39.0 Å². The molecule has 0 atom stereocenters. The van der Waals surface area contributed by atoms with Crippen molar-refractivity contribution in [2.75, 3.05) is 0 Å². The molecule has 0 spiro atoms. The lowest BCUT2D eigenvalue weighted by molar-refractivity contribution is -0.125. The minimum Gasteiger partial charge on any atom is -0.508 e. The quantitative estimate of drug-likeness (QED) is 0.648. The number of rotatable bonds is 3. The summed E-state index contributed by atoms with van der Waals surface area (Å²) in [7, 11) is 0. The van der Waals surface area contributed by atoms with Crippen LogP contribution in [0.1, 0.15) is 44.6 Å². The Morgan fingerprint density at radius 1 is 1.21 bits per heavy atom. The van der Waals surface area contributed by atoms with Crippen molar-refractivity contribution < 1.29 is 9.90 Å². The van der Waals surface area contributed by atoms with Gasteiger partial charge in [-0.3, -0.25) is 4.79 Å². The van der Waals surface area contributed by atoms with Gasteiger partial charge >= 0.3 is 0 Å². The molecule has 1 aromatic carbocycles. The number of aromatic hydroxyl groups is 1. The molecular formula is C15H20N2O2. The molecule has 19 heavy (non-hydrogen) atoms. The van der Waals surface area contributed by atoms with Gasteiger partial charge in [-0.2, -0.15) is 5.10 Å². The van der Waals surface area contributed by atoms with Crippen LogP contribution in [0, 0.1) is 5.92 Å². The van der Waals surface area contributed by atoms with Gasteiger partial charge in [0.15, 0.2) is 0 Å². The van der Waals surface area contributed by atoms with Crippen molar-refractivity contribution in [3.8, 4) is 5.75 Å². The van der Waals surface area contributed by atoms with Crippen LogP contribution in [0.3, 0.4) is 0 Å². The summed E-state index contributed by atoms with van der Waals surface area (Å²) >= 11 is 0. The summed E-state index contributed by atoms with van der Waals surface area (Å²) < 4.78 is 0. The van der Waals surface area contributed by atoms with Crippen molar-refractivity contribution in [2.24, 2.45) is 11.0 Å². The van der Waals surface area contributed by atoms with Crippen LogP contribution >= 0.6 is 0 Å². The first kappa shape index (κ1) is 13.6. The van der Waals surface area contributed by atoms with Crippen LogP contribution < -0.4 is 5.43 Å². The number of carbonyl (C=O) groups excluding carboxylic acids is 1. The largest absolute Gasteiger partial charge is 0.508 e. The summed E-state index contributed by atoms with van der Waals surface area (Å²) in [5.41, 5.74) is 4.28. The average Bonchev–Trinajstić information content (AvgIpc) is 2.46. The fraction of sp³-hybridized carbons (Fsp3) is 0.467. The third-order valence-corrected chi connectivity index (χ3v) is 3.59. The van der Waals surface area contributed by atoms with E-state index in [2.05, 4.69) is 10.5 Å². The first-order chi connectivity index (χ1) is 9.16. The van der Waals surface area contributed by atoms with E-state index in [0.29, 0.717) is 0 Å². The van der Waals surface area contributed by atoms with Gasteiger partial charge in [-0.15, -0.1) is 0 Å². The Bertz CT molecular complexity index is 460. The predicted molar refractivity (Wildman–Crippen MR) is 75.0 cm³/mol. The maximum atomic E-state index is 11.9. The monoisotopic (exact) mass is 260 g/mol. The predicted octanol–water partition coefficient (Wildman–Crippen LogP) is 2.81. The molecule has 0 radical (unpaired) electrons. The van der Waals surface area contributed by atoms with Gasteiger partial charge in [0.2, 0.25) is 5.91 Å². The molecule has 1 fully saturated rings. The number of benzene rings is 1. The van der Waals surface area contributed by atoms with Gasteiger partial charge in [0, 0.05) is 5.92 Å². The second kappa shape index (κ2) is 6.36. The van der Waals surface area contributed by atoms with E-state index in [1.54, 1.807) is 24.3 Å². The van der Waals surface area contributed by atoms with E-state index in [-0.39, 0.29) is 17.6 Å². The van der Waals surface area contributed by atoms with E-state index in [0.717, 1.165) is 37.0 Å². The highest BCUT2D eigenvalue weighted by molar-refractivity contribution is 5.99. The molecule has 2 N–H and O–H groups in total. The van der Waals surface area contributed by atoms with Crippen LogP contribution in [-0.2, 0) is 4.79 Å². The van der Waals surface area contributed by atoms with Gasteiger partial charge in [-0.05, 0) is 49.6 Å². The van der Waals surface area contributed by atoms with E-state index in [1.807, 2.05) is 6.92 Å². The molecule has 0 heterocycles. The van der Waals surface area contributed by atoms with E-state index in [1.165, 1.54) is 6.42 Å². The molecule has 0 aromatic heterocycles. The molecule has 1 aromatic rings. The first-order valence-electron chi connectivity index (χ1n) is 6.80. The molecule has 4 heteroatoms. The summed E-state index contributed by atoms with van der Waals surface area (Å²) in [6.07, 6.45) is 5.45. The topological polar surface area (TPSA) is 61.7 Å². The third-order valence-electron chi connectivity index (χ3n) is 3.59. The van der Waals surface area contributed by atoms with Gasteiger partial charge in [-0.25, -0.2) is 5.43 Å². The highest BCUT2D eigenvalue weighted by Gasteiger charge is 2.20. The van der Waals surface area contributed by atoms with Gasteiger partial charge in [0.1, 0.15) is 5.75 Å². The van der Waals surface area contributed by atoms with Gasteiger partial charge in [0.05, 0.1) is 5.71 Å². The second-order valence-electron chi connectivity index (χ2n) is 5.06. The lowest BCUT2D eigenvalue weighted by Crippen LogP contribution is -2.29. The van der Waals surface area contributed by atoms with Crippen LogP contribution in [0.15, 0.2) is 29.4 Å². The lowest BCUT2D eigenvalue weighted by atomic mass is 9.89. The highest BCUT2D eigenvalue weighted by atomic mass is 16.3. The number of phenolic OH excluding ortho intramolecular Hbond substituents is 1. The van der Waals surface area contributed by atoms with Crippen LogP contribution in [-0.4, -0.2) is 16.7 Å². The molecule has 0 bridgehead atoms. The Labute approximate surface area is 113 Å². The standard InChI is InChI=1S/C15H20N2O2/c1-11(12-7-9-14(18)10-8-12)16-17-15(19)13-5-3-2-4-6-13/h7-10,13,18H,2-6H2,1H3,(H,17,19). The van der Waals surface area contributed by atoms with E-state index in [4.69, 9.17) is 0 Å². The van der Waals surface area contributed by atoms with Gasteiger partial charge in [0.25, 0.3) is 0 Å². The van der Waals surface area contributed by atoms with Crippen molar-refractivity contribution in [3.05, 3.63) is 29.8 Å². The first-order valence-corrected chi connectivity index (χ1v) is 6.80. The average molecular weight is 260 g/mol. The molecule has 1 aliphatic carbocycles. The van der Waals surface area contributed by atoms with E-state index in [9.17, 15) is 9.90 Å². The highest BCUT2D eigenvalue weighted by Crippen LogP contribution is 2.23. The van der Waals surface area contributed by atoms with Crippen LogP contribution in [0.5, 0.6) is 5.75 Å². The summed E-state index contributed by atoms with van der Waals surface area (Å²) in [4.78, 5) is 11.9. The number of carbonyl (C=O) groups is 1. The molecule has 0 unspecified atom stereocenters. The number of hydrogen-bond donors (Lipinski definition) is 2. The van der Waals surface area contributed by atoms with Crippen molar-refractivity contribution in [3.63, 3.8) is 0 Å². The molecule has 1 amide bonds. The summed E-state index contributed by atoms with van der Waals surface area (Å²) in [5.74, 6) is 0.366. The van der Waals surface area contributed by atoms with Crippen LogP contribution in [0.2, 0.25) is 0 Å². The summed E-state index contributed by atoms with van der Waals surface area (Å²) in [6.45, 7) is 1.84. The summed E-state index contributed by atoms with van der Waals surface area (Å²) in [5, 5.41) is 13.4. The number of nitrogens with one attached hydrogen (secondary N) is 1. The Morgan fingerprint density at radius 3 is 2.47 bits per heavy atom. The van der Waals surface area contributed by atoms with Crippen LogP contribution in [0.25, 0.3) is 0 Å². The van der Waals surface area contributed by atoms with Crippen molar-refractivity contribution in [1.29, 1.82) is 0 Å². The fourth-order valence-electron chi connectivity index (χ4n) is 2.36. The Morgan fingerprint density at radius 2 is 1.84 bits per heavy atom. The van der Waals surface area contributed by atoms with E-state index < -0.39 is 0 Å². The maximum Gasteiger partial charge on any atom is 0.243 e. The zero-order chi connectivity index (χ0) is 13.7. The zero-order valence-electron chi connectivity index (χ0n) is 11.2. The second-order valence-corrected chi connectivity index (χ2v) is 5.06. The number of hydrogen-bond acceptors (Lipinski definition) is 3. The Hall–Kier alpha value is -1.84. The van der Waals surface area contributed by atoms with Crippen LogP contribution in [0.4, 0.5) is 0 Å². The molecule has 4 nitrogen and oxygen atoms in total.